The Balaban J connectivity index is 2.73. The highest BCUT2D eigenvalue weighted by atomic mass is 16.5. The van der Waals surface area contributed by atoms with Crippen LogP contribution in [0.25, 0.3) is 0 Å². The molecule has 1 aliphatic carbocycles. The Labute approximate surface area is 67.0 Å². The van der Waals surface area contributed by atoms with E-state index in [4.69, 9.17) is 9.94 Å². The summed E-state index contributed by atoms with van der Waals surface area (Å²) < 4.78 is 5.32. The summed E-state index contributed by atoms with van der Waals surface area (Å²) in [5.41, 5.74) is 0.330. The normalized spacial score (nSPS) is 24.8. The molecular formula is C8H15NO2. The quantitative estimate of drug-likeness (QED) is 0.384. The van der Waals surface area contributed by atoms with E-state index in [2.05, 4.69) is 5.16 Å². The largest absolute Gasteiger partial charge is 0.411 e. The first kappa shape index (κ1) is 8.53. The van der Waals surface area contributed by atoms with Gasteiger partial charge in [-0.25, -0.2) is 0 Å². The lowest BCUT2D eigenvalue weighted by Gasteiger charge is -2.26. The molecule has 0 heterocycles. The summed E-state index contributed by atoms with van der Waals surface area (Å²) in [6.45, 7) is 3.77. The minimum Gasteiger partial charge on any atom is -0.411 e. The summed E-state index contributed by atoms with van der Waals surface area (Å²) in [5, 5.41) is 11.8. The van der Waals surface area contributed by atoms with Gasteiger partial charge in [0.25, 0.3) is 0 Å². The summed E-state index contributed by atoms with van der Waals surface area (Å²) in [4.78, 5) is 0. The zero-order chi connectivity index (χ0) is 8.48. The van der Waals surface area contributed by atoms with Crippen LogP contribution in [0.15, 0.2) is 5.16 Å². The van der Waals surface area contributed by atoms with E-state index in [1.807, 2.05) is 6.92 Å². The first-order valence-electron chi connectivity index (χ1n) is 3.89. The third kappa shape index (κ3) is 1.38. The molecule has 0 aromatic carbocycles. The van der Waals surface area contributed by atoms with Gasteiger partial charge in [-0.2, -0.15) is 0 Å². The second kappa shape index (κ2) is 2.81. The molecule has 1 atom stereocenters. The zero-order valence-corrected chi connectivity index (χ0v) is 7.29. The van der Waals surface area contributed by atoms with Crippen LogP contribution in [0.2, 0.25) is 0 Å². The van der Waals surface area contributed by atoms with Crippen LogP contribution in [-0.4, -0.2) is 23.6 Å². The van der Waals surface area contributed by atoms with Crippen LogP contribution in [0.1, 0.15) is 26.7 Å². The van der Waals surface area contributed by atoms with Crippen LogP contribution in [-0.2, 0) is 4.74 Å². The number of rotatable bonds is 3. The average molecular weight is 157 g/mol. The van der Waals surface area contributed by atoms with Gasteiger partial charge in [0.2, 0.25) is 0 Å². The van der Waals surface area contributed by atoms with Crippen molar-refractivity contribution in [2.45, 2.75) is 32.3 Å². The molecule has 1 rings (SSSR count). The molecule has 0 aromatic heterocycles. The fourth-order valence-electron chi connectivity index (χ4n) is 1.34. The first-order valence-corrected chi connectivity index (χ1v) is 3.89. The van der Waals surface area contributed by atoms with Gasteiger partial charge in [-0.1, -0.05) is 5.16 Å². The van der Waals surface area contributed by atoms with E-state index in [1.54, 1.807) is 14.0 Å². The van der Waals surface area contributed by atoms with E-state index < -0.39 is 0 Å². The molecule has 1 aliphatic rings. The highest BCUT2D eigenvalue weighted by Crippen LogP contribution is 2.42. The van der Waals surface area contributed by atoms with Crippen molar-refractivity contribution in [1.82, 2.24) is 0 Å². The molecule has 1 saturated carbocycles. The van der Waals surface area contributed by atoms with Gasteiger partial charge in [-0.05, 0) is 32.6 Å². The summed E-state index contributed by atoms with van der Waals surface area (Å²) in [5.74, 6) is 0.545. The van der Waals surface area contributed by atoms with Crippen LogP contribution < -0.4 is 0 Å². The summed E-state index contributed by atoms with van der Waals surface area (Å²) >= 11 is 0. The molecule has 0 spiro atoms. The summed E-state index contributed by atoms with van der Waals surface area (Å²) in [6, 6.07) is 0. The Bertz CT molecular complexity index is 175. The Kier molecular flexibility index (Phi) is 2.18. The number of hydrogen-bond acceptors (Lipinski definition) is 3. The minimum absolute atomic E-state index is 0.339. The van der Waals surface area contributed by atoms with Gasteiger partial charge in [0, 0.05) is 7.11 Å². The first-order chi connectivity index (χ1) is 5.15. The highest BCUT2D eigenvalue weighted by molar-refractivity contribution is 5.90. The van der Waals surface area contributed by atoms with Crippen LogP contribution in [0, 0.1) is 5.92 Å². The second-order valence-corrected chi connectivity index (χ2v) is 3.27. The molecule has 11 heavy (non-hydrogen) atoms. The molecule has 1 fully saturated rings. The van der Waals surface area contributed by atoms with E-state index in [0.717, 1.165) is 0 Å². The smallest absolute Gasteiger partial charge is 0.109 e. The molecule has 1 unspecified atom stereocenters. The third-order valence-electron chi connectivity index (χ3n) is 2.65. The molecule has 0 bridgehead atoms. The van der Waals surface area contributed by atoms with E-state index in [1.165, 1.54) is 12.8 Å². The Morgan fingerprint density at radius 3 is 2.45 bits per heavy atom. The van der Waals surface area contributed by atoms with Crippen LogP contribution >= 0.6 is 0 Å². The van der Waals surface area contributed by atoms with Crippen molar-refractivity contribution >= 4 is 5.71 Å². The van der Waals surface area contributed by atoms with Crippen LogP contribution in [0.3, 0.4) is 0 Å². The molecule has 0 radical (unpaired) electrons. The maximum absolute atomic E-state index is 8.59. The SMILES string of the molecule is COC(C)(/C(C)=N/O)C1CC1. The van der Waals surface area contributed by atoms with Gasteiger partial charge in [0.15, 0.2) is 0 Å². The average Bonchev–Trinajstić information content (AvgIpc) is 2.84. The minimum atomic E-state index is -0.339. The standard InChI is InChI=1S/C8H15NO2/c1-6(9-10)8(2,11-3)7-4-5-7/h7,10H,4-5H2,1-3H3/b9-6+. The number of ether oxygens (including phenoxy) is 1. The predicted molar refractivity (Wildman–Crippen MR) is 43.0 cm³/mol. The monoisotopic (exact) mass is 157 g/mol. The lowest BCUT2D eigenvalue weighted by atomic mass is 9.95. The Hall–Kier alpha value is -0.570. The van der Waals surface area contributed by atoms with E-state index in [0.29, 0.717) is 11.6 Å². The van der Waals surface area contributed by atoms with Crippen molar-refractivity contribution < 1.29 is 9.94 Å². The Morgan fingerprint density at radius 2 is 2.18 bits per heavy atom. The maximum atomic E-state index is 8.59. The second-order valence-electron chi connectivity index (χ2n) is 3.27. The summed E-state index contributed by atoms with van der Waals surface area (Å²) in [6.07, 6.45) is 2.36. The summed E-state index contributed by atoms with van der Waals surface area (Å²) in [7, 11) is 1.66. The van der Waals surface area contributed by atoms with Crippen LogP contribution in [0.4, 0.5) is 0 Å². The molecule has 3 nitrogen and oxygen atoms in total. The van der Waals surface area contributed by atoms with Gasteiger partial charge in [-0.3, -0.25) is 0 Å². The molecule has 1 N–H and O–H groups in total. The fraction of sp³-hybridized carbons (Fsp3) is 0.875. The van der Waals surface area contributed by atoms with Gasteiger partial charge in [0.1, 0.15) is 5.60 Å². The van der Waals surface area contributed by atoms with E-state index >= 15 is 0 Å². The fourth-order valence-corrected chi connectivity index (χ4v) is 1.34. The lowest BCUT2D eigenvalue weighted by Crippen LogP contribution is -2.38. The van der Waals surface area contributed by atoms with Gasteiger partial charge in [-0.15, -0.1) is 0 Å². The lowest BCUT2D eigenvalue weighted by molar-refractivity contribution is 0.0440. The number of methoxy groups -OCH3 is 1. The van der Waals surface area contributed by atoms with Crippen LogP contribution in [0.5, 0.6) is 0 Å². The van der Waals surface area contributed by atoms with Gasteiger partial charge >= 0.3 is 0 Å². The van der Waals surface area contributed by atoms with E-state index in [-0.39, 0.29) is 5.60 Å². The Morgan fingerprint density at radius 1 is 1.64 bits per heavy atom. The van der Waals surface area contributed by atoms with Crippen molar-refractivity contribution in [3.8, 4) is 0 Å². The molecule has 0 aliphatic heterocycles. The zero-order valence-electron chi connectivity index (χ0n) is 7.29. The number of oxime groups is 1. The molecule has 3 heteroatoms. The molecule has 0 aromatic rings. The number of hydrogen-bond donors (Lipinski definition) is 1. The predicted octanol–water partition coefficient (Wildman–Crippen LogP) is 1.65. The topological polar surface area (TPSA) is 41.8 Å². The van der Waals surface area contributed by atoms with Gasteiger partial charge in [0.05, 0.1) is 5.71 Å². The maximum Gasteiger partial charge on any atom is 0.109 e. The van der Waals surface area contributed by atoms with Crippen molar-refractivity contribution in [3.05, 3.63) is 0 Å². The van der Waals surface area contributed by atoms with Crippen molar-refractivity contribution in [2.24, 2.45) is 11.1 Å². The van der Waals surface area contributed by atoms with Crippen molar-refractivity contribution in [1.29, 1.82) is 0 Å². The van der Waals surface area contributed by atoms with E-state index in [9.17, 15) is 0 Å². The highest BCUT2D eigenvalue weighted by Gasteiger charge is 2.44. The number of nitrogens with zero attached hydrogens (tertiary/aromatic N) is 1. The third-order valence-corrected chi connectivity index (χ3v) is 2.65. The van der Waals surface area contributed by atoms with Crippen molar-refractivity contribution in [3.63, 3.8) is 0 Å². The van der Waals surface area contributed by atoms with Crippen molar-refractivity contribution in [2.75, 3.05) is 7.11 Å². The molecule has 64 valence electrons. The molecule has 0 saturated heterocycles. The molecular weight excluding hydrogens is 142 g/mol. The van der Waals surface area contributed by atoms with Gasteiger partial charge < -0.3 is 9.94 Å². The molecule has 0 amide bonds.